The third-order valence-electron chi connectivity index (χ3n) is 5.79. The average molecular weight is 428 g/mol. The van der Waals surface area contributed by atoms with E-state index >= 15 is 0 Å². The van der Waals surface area contributed by atoms with Gasteiger partial charge in [-0.3, -0.25) is 4.79 Å². The van der Waals surface area contributed by atoms with Crippen LogP contribution in [0.5, 0.6) is 5.75 Å². The number of hydrogen-bond donors (Lipinski definition) is 0. The molecule has 162 valence electrons. The molecule has 1 fully saturated rings. The molecule has 5 rings (SSSR count). The number of amides is 1. The van der Waals surface area contributed by atoms with Gasteiger partial charge in [-0.15, -0.1) is 0 Å². The Morgan fingerprint density at radius 2 is 1.81 bits per heavy atom. The number of benzene rings is 2. The first kappa shape index (κ1) is 20.0. The van der Waals surface area contributed by atoms with Crippen molar-refractivity contribution in [2.75, 3.05) is 38.2 Å². The molecule has 0 aliphatic carbocycles. The van der Waals surface area contributed by atoms with Gasteiger partial charge in [-0.25, -0.2) is 4.98 Å². The molecule has 8 heteroatoms. The fourth-order valence-electron chi connectivity index (χ4n) is 4.13. The van der Waals surface area contributed by atoms with E-state index in [9.17, 15) is 4.79 Å². The maximum absolute atomic E-state index is 12.9. The van der Waals surface area contributed by atoms with Crippen molar-refractivity contribution in [3.8, 4) is 16.9 Å². The molecule has 0 unspecified atom stereocenters. The van der Waals surface area contributed by atoms with Crippen molar-refractivity contribution in [2.24, 2.45) is 0 Å². The van der Waals surface area contributed by atoms with Crippen molar-refractivity contribution >= 4 is 17.5 Å². The predicted octanol–water partition coefficient (Wildman–Crippen LogP) is 2.69. The fraction of sp³-hybridized carbons (Fsp3) is 0.250. The van der Waals surface area contributed by atoms with E-state index in [4.69, 9.17) is 4.74 Å². The minimum absolute atomic E-state index is 0.127. The topological polar surface area (TPSA) is 75.9 Å². The van der Waals surface area contributed by atoms with Gasteiger partial charge in [0.05, 0.1) is 13.5 Å². The molecule has 0 saturated carbocycles. The summed E-state index contributed by atoms with van der Waals surface area (Å²) >= 11 is 0. The molecule has 4 aromatic rings. The Labute approximate surface area is 186 Å². The number of carbonyl (C=O) groups excluding carboxylic acids is 1. The predicted molar refractivity (Wildman–Crippen MR) is 122 cm³/mol. The molecule has 32 heavy (non-hydrogen) atoms. The molecule has 0 spiro atoms. The largest absolute Gasteiger partial charge is 0.497 e. The summed E-state index contributed by atoms with van der Waals surface area (Å²) in [5.41, 5.74) is 3.03. The lowest BCUT2D eigenvalue weighted by molar-refractivity contribution is -0.130. The maximum atomic E-state index is 12.9. The number of rotatable bonds is 5. The molecule has 0 bridgehead atoms. The molecule has 2 aromatic carbocycles. The summed E-state index contributed by atoms with van der Waals surface area (Å²) in [6, 6.07) is 17.8. The highest BCUT2D eigenvalue weighted by atomic mass is 16.5. The van der Waals surface area contributed by atoms with E-state index in [0.29, 0.717) is 38.4 Å². The van der Waals surface area contributed by atoms with E-state index in [0.717, 1.165) is 28.3 Å². The van der Waals surface area contributed by atoms with E-state index < -0.39 is 0 Å². The number of fused-ring (bicyclic) bond motifs is 1. The van der Waals surface area contributed by atoms with Crippen molar-refractivity contribution < 1.29 is 9.53 Å². The van der Waals surface area contributed by atoms with Crippen LogP contribution in [0.25, 0.3) is 16.9 Å². The summed E-state index contributed by atoms with van der Waals surface area (Å²) in [4.78, 5) is 25.8. The third-order valence-corrected chi connectivity index (χ3v) is 5.79. The van der Waals surface area contributed by atoms with Gasteiger partial charge in [0.2, 0.25) is 5.91 Å². The van der Waals surface area contributed by atoms with Crippen LogP contribution in [0.2, 0.25) is 0 Å². The highest BCUT2D eigenvalue weighted by Crippen LogP contribution is 2.31. The van der Waals surface area contributed by atoms with Crippen LogP contribution in [0.1, 0.15) is 5.56 Å². The Hall–Kier alpha value is -3.94. The Bertz CT molecular complexity index is 1230. The number of ether oxygens (including phenoxy) is 1. The van der Waals surface area contributed by atoms with Gasteiger partial charge in [0, 0.05) is 37.9 Å². The van der Waals surface area contributed by atoms with Crippen molar-refractivity contribution in [1.82, 2.24) is 24.5 Å². The SMILES string of the molecule is COc1cccc(CC(=O)N2CCN(c3c(-c4ccccc4)cnc4ncnn34)CC2)c1. The van der Waals surface area contributed by atoms with E-state index in [1.165, 1.54) is 6.33 Å². The zero-order valence-corrected chi connectivity index (χ0v) is 17.9. The van der Waals surface area contributed by atoms with Crippen LogP contribution in [0.3, 0.4) is 0 Å². The first-order valence-corrected chi connectivity index (χ1v) is 10.6. The summed E-state index contributed by atoms with van der Waals surface area (Å²) in [6.45, 7) is 2.72. The summed E-state index contributed by atoms with van der Waals surface area (Å²) < 4.78 is 7.06. The number of piperazine rings is 1. The number of anilines is 1. The lowest BCUT2D eigenvalue weighted by atomic mass is 10.1. The lowest BCUT2D eigenvalue weighted by Crippen LogP contribution is -2.49. The molecule has 1 amide bonds. The molecule has 8 nitrogen and oxygen atoms in total. The summed E-state index contributed by atoms with van der Waals surface area (Å²) in [7, 11) is 1.63. The van der Waals surface area contributed by atoms with Crippen LogP contribution < -0.4 is 9.64 Å². The van der Waals surface area contributed by atoms with Gasteiger partial charge in [0.15, 0.2) is 0 Å². The molecular formula is C24H24N6O2. The molecule has 2 aromatic heterocycles. The van der Waals surface area contributed by atoms with Gasteiger partial charge in [-0.2, -0.15) is 14.6 Å². The number of aromatic nitrogens is 4. The van der Waals surface area contributed by atoms with Gasteiger partial charge >= 0.3 is 0 Å². The minimum atomic E-state index is 0.127. The second kappa shape index (κ2) is 8.66. The fourth-order valence-corrected chi connectivity index (χ4v) is 4.13. The van der Waals surface area contributed by atoms with Crippen LogP contribution in [-0.2, 0) is 11.2 Å². The van der Waals surface area contributed by atoms with E-state index in [1.54, 1.807) is 11.6 Å². The summed E-state index contributed by atoms with van der Waals surface area (Å²) in [5, 5.41) is 4.42. The maximum Gasteiger partial charge on any atom is 0.254 e. The monoisotopic (exact) mass is 428 g/mol. The Kier molecular flexibility index (Phi) is 5.41. The summed E-state index contributed by atoms with van der Waals surface area (Å²) in [5.74, 6) is 2.42. The van der Waals surface area contributed by atoms with Gasteiger partial charge in [-0.1, -0.05) is 42.5 Å². The standard InChI is InChI=1S/C24H24N6O2/c1-32-20-9-5-6-18(14-20)15-22(31)28-10-12-29(13-11-28)23-21(19-7-3-2-4-8-19)16-25-24-26-17-27-30(23)24/h2-9,14,16-17H,10-13,15H2,1H3. The summed E-state index contributed by atoms with van der Waals surface area (Å²) in [6.07, 6.45) is 3.75. The van der Waals surface area contributed by atoms with Crippen molar-refractivity contribution in [3.05, 3.63) is 72.7 Å². The molecular weight excluding hydrogens is 404 g/mol. The molecule has 0 radical (unpaired) electrons. The second-order valence-corrected chi connectivity index (χ2v) is 7.73. The third kappa shape index (κ3) is 3.87. The minimum Gasteiger partial charge on any atom is -0.497 e. The van der Waals surface area contributed by atoms with E-state index in [2.05, 4.69) is 32.1 Å². The highest BCUT2D eigenvalue weighted by Gasteiger charge is 2.25. The normalized spacial score (nSPS) is 14.0. The van der Waals surface area contributed by atoms with Gasteiger partial charge in [0.1, 0.15) is 17.9 Å². The van der Waals surface area contributed by atoms with E-state index in [1.807, 2.05) is 53.6 Å². The van der Waals surface area contributed by atoms with Gasteiger partial charge < -0.3 is 14.5 Å². The van der Waals surface area contributed by atoms with Gasteiger partial charge in [0.25, 0.3) is 5.78 Å². The van der Waals surface area contributed by atoms with Crippen LogP contribution in [0.4, 0.5) is 5.82 Å². The quantitative estimate of drug-likeness (QED) is 0.487. The number of nitrogens with zero attached hydrogens (tertiary/aromatic N) is 6. The van der Waals surface area contributed by atoms with Crippen LogP contribution >= 0.6 is 0 Å². The van der Waals surface area contributed by atoms with Crippen molar-refractivity contribution in [1.29, 1.82) is 0 Å². The average Bonchev–Trinajstić information content (AvgIpc) is 3.33. The second-order valence-electron chi connectivity index (χ2n) is 7.73. The van der Waals surface area contributed by atoms with Crippen molar-refractivity contribution in [2.45, 2.75) is 6.42 Å². The number of carbonyl (C=O) groups is 1. The zero-order chi connectivity index (χ0) is 21.9. The molecule has 1 aliphatic heterocycles. The smallest absolute Gasteiger partial charge is 0.254 e. The van der Waals surface area contributed by atoms with E-state index in [-0.39, 0.29) is 5.91 Å². The number of hydrogen-bond acceptors (Lipinski definition) is 6. The zero-order valence-electron chi connectivity index (χ0n) is 17.9. The Balaban J connectivity index is 1.35. The molecule has 0 N–H and O–H groups in total. The first-order valence-electron chi connectivity index (χ1n) is 10.6. The van der Waals surface area contributed by atoms with Crippen LogP contribution in [-0.4, -0.2) is 63.7 Å². The highest BCUT2D eigenvalue weighted by molar-refractivity contribution is 5.80. The molecule has 1 aliphatic rings. The van der Waals surface area contributed by atoms with Gasteiger partial charge in [-0.05, 0) is 23.3 Å². The lowest BCUT2D eigenvalue weighted by Gasteiger charge is -2.36. The Morgan fingerprint density at radius 3 is 2.59 bits per heavy atom. The molecule has 1 saturated heterocycles. The Morgan fingerprint density at radius 1 is 1.00 bits per heavy atom. The molecule has 3 heterocycles. The van der Waals surface area contributed by atoms with Crippen LogP contribution in [0, 0.1) is 0 Å². The van der Waals surface area contributed by atoms with Crippen LogP contribution in [0.15, 0.2) is 67.1 Å². The number of methoxy groups -OCH3 is 1. The van der Waals surface area contributed by atoms with Crippen molar-refractivity contribution in [3.63, 3.8) is 0 Å². The molecule has 0 atom stereocenters. The first-order chi connectivity index (χ1) is 15.7.